The van der Waals surface area contributed by atoms with Gasteiger partial charge in [-0.15, -0.1) is 0 Å². The highest BCUT2D eigenvalue weighted by atomic mass is 16.5. The van der Waals surface area contributed by atoms with Crippen LogP contribution in [0, 0.1) is 5.41 Å². The van der Waals surface area contributed by atoms with Crippen LogP contribution in [0.15, 0.2) is 12.3 Å². The van der Waals surface area contributed by atoms with Gasteiger partial charge >= 0.3 is 0 Å². The Morgan fingerprint density at radius 3 is 2.33 bits per heavy atom. The smallest absolute Gasteiger partial charge is 0.0776 e. The zero-order valence-corrected chi connectivity index (χ0v) is 14.8. The van der Waals surface area contributed by atoms with E-state index in [4.69, 9.17) is 9.84 Å². The number of methoxy groups -OCH3 is 1. The molecule has 0 aliphatic carbocycles. The predicted molar refractivity (Wildman–Crippen MR) is 88.6 cm³/mol. The molecule has 0 aliphatic heterocycles. The van der Waals surface area contributed by atoms with Crippen molar-refractivity contribution in [2.75, 3.05) is 14.2 Å². The average Bonchev–Trinajstić information content (AvgIpc) is 2.86. The molecule has 0 bridgehead atoms. The molecule has 0 aromatic carbocycles. The van der Waals surface area contributed by atoms with Crippen LogP contribution < -0.4 is 5.32 Å². The fraction of sp³-hybridized carbons (Fsp3) is 0.824. The second-order valence-corrected chi connectivity index (χ2v) is 6.88. The lowest BCUT2D eigenvalue weighted by molar-refractivity contribution is -0.00945. The minimum atomic E-state index is 0.0976. The molecule has 2 atom stereocenters. The standard InChI is InChI=1S/C17H33N3O/c1-8-14(9-2)20-11-10-13(19-20)12-15(18-6)16(21-7)17(3,4)5/h10-11,14-16,18H,8-9,12H2,1-7H3. The van der Waals surface area contributed by atoms with Gasteiger partial charge in [-0.1, -0.05) is 34.6 Å². The molecule has 21 heavy (non-hydrogen) atoms. The molecule has 0 fully saturated rings. The van der Waals surface area contributed by atoms with Gasteiger partial charge in [-0.05, 0) is 31.4 Å². The Balaban J connectivity index is 2.82. The number of hydrogen-bond donors (Lipinski definition) is 1. The third-order valence-corrected chi connectivity index (χ3v) is 4.25. The molecule has 1 rings (SSSR count). The molecule has 0 saturated carbocycles. The lowest BCUT2D eigenvalue weighted by Crippen LogP contribution is -2.47. The Kier molecular flexibility index (Phi) is 6.88. The van der Waals surface area contributed by atoms with Gasteiger partial charge < -0.3 is 10.1 Å². The van der Waals surface area contributed by atoms with Gasteiger partial charge in [-0.2, -0.15) is 5.10 Å². The minimum absolute atomic E-state index is 0.0976. The molecule has 122 valence electrons. The SMILES string of the molecule is CCC(CC)n1ccc(CC(NC)C(OC)C(C)(C)C)n1. The highest BCUT2D eigenvalue weighted by Crippen LogP contribution is 2.26. The van der Waals surface area contributed by atoms with Crippen molar-refractivity contribution in [3.8, 4) is 0 Å². The number of aromatic nitrogens is 2. The first kappa shape index (κ1) is 18.2. The van der Waals surface area contributed by atoms with Crippen LogP contribution >= 0.6 is 0 Å². The molecular formula is C17H33N3O. The van der Waals surface area contributed by atoms with Crippen LogP contribution in [-0.2, 0) is 11.2 Å². The topological polar surface area (TPSA) is 39.1 Å². The first-order chi connectivity index (χ1) is 9.87. The fourth-order valence-corrected chi connectivity index (χ4v) is 3.06. The number of hydrogen-bond acceptors (Lipinski definition) is 3. The summed E-state index contributed by atoms with van der Waals surface area (Å²) in [5, 5.41) is 8.16. The van der Waals surface area contributed by atoms with Crippen molar-refractivity contribution in [2.45, 2.75) is 72.1 Å². The molecule has 2 unspecified atom stereocenters. The van der Waals surface area contributed by atoms with E-state index >= 15 is 0 Å². The van der Waals surface area contributed by atoms with Crippen LogP contribution in [0.2, 0.25) is 0 Å². The van der Waals surface area contributed by atoms with Crippen molar-refractivity contribution < 1.29 is 4.74 Å². The second-order valence-electron chi connectivity index (χ2n) is 6.88. The van der Waals surface area contributed by atoms with Crippen molar-refractivity contribution >= 4 is 0 Å². The van der Waals surface area contributed by atoms with E-state index in [0.29, 0.717) is 6.04 Å². The molecule has 1 heterocycles. The fourth-order valence-electron chi connectivity index (χ4n) is 3.06. The van der Waals surface area contributed by atoms with Gasteiger partial charge in [0.15, 0.2) is 0 Å². The zero-order valence-electron chi connectivity index (χ0n) is 14.8. The molecule has 0 amide bonds. The van der Waals surface area contributed by atoms with Crippen molar-refractivity contribution in [3.05, 3.63) is 18.0 Å². The molecule has 0 saturated heterocycles. The van der Waals surface area contributed by atoms with Gasteiger partial charge in [0.1, 0.15) is 0 Å². The lowest BCUT2D eigenvalue weighted by atomic mass is 9.83. The van der Waals surface area contributed by atoms with Gasteiger partial charge in [0.25, 0.3) is 0 Å². The largest absolute Gasteiger partial charge is 0.379 e. The third kappa shape index (κ3) is 4.82. The van der Waals surface area contributed by atoms with E-state index in [9.17, 15) is 0 Å². The Morgan fingerprint density at radius 1 is 1.29 bits per heavy atom. The van der Waals surface area contributed by atoms with Crippen LogP contribution in [0.1, 0.15) is 59.2 Å². The number of ether oxygens (including phenoxy) is 1. The van der Waals surface area contributed by atoms with E-state index in [1.165, 1.54) is 0 Å². The summed E-state index contributed by atoms with van der Waals surface area (Å²) in [6.07, 6.45) is 5.39. The summed E-state index contributed by atoms with van der Waals surface area (Å²) >= 11 is 0. The predicted octanol–water partition coefficient (Wildman–Crippen LogP) is 3.44. The summed E-state index contributed by atoms with van der Waals surface area (Å²) in [6, 6.07) is 2.91. The van der Waals surface area contributed by atoms with Gasteiger partial charge in [-0.25, -0.2) is 0 Å². The molecule has 0 spiro atoms. The summed E-state index contributed by atoms with van der Waals surface area (Å²) in [5.41, 5.74) is 1.23. The Bertz CT molecular complexity index is 404. The molecular weight excluding hydrogens is 262 g/mol. The van der Waals surface area contributed by atoms with Gasteiger partial charge in [0.2, 0.25) is 0 Å². The number of rotatable bonds is 8. The molecule has 0 radical (unpaired) electrons. The van der Waals surface area contributed by atoms with Crippen LogP contribution in [0.3, 0.4) is 0 Å². The van der Waals surface area contributed by atoms with E-state index in [2.05, 4.69) is 56.9 Å². The van der Waals surface area contributed by atoms with E-state index < -0.39 is 0 Å². The molecule has 1 N–H and O–H groups in total. The van der Waals surface area contributed by atoms with E-state index in [1.807, 2.05) is 7.05 Å². The third-order valence-electron chi connectivity index (χ3n) is 4.25. The number of nitrogens with one attached hydrogen (secondary N) is 1. The van der Waals surface area contributed by atoms with Gasteiger partial charge in [0, 0.05) is 25.8 Å². The Morgan fingerprint density at radius 2 is 1.90 bits per heavy atom. The van der Waals surface area contributed by atoms with Crippen LogP contribution in [0.5, 0.6) is 0 Å². The highest BCUT2D eigenvalue weighted by Gasteiger charge is 2.32. The van der Waals surface area contributed by atoms with Crippen LogP contribution in [-0.4, -0.2) is 36.1 Å². The molecule has 1 aromatic rings. The number of nitrogens with zero attached hydrogens (tertiary/aromatic N) is 2. The van der Waals surface area contributed by atoms with E-state index in [1.54, 1.807) is 7.11 Å². The maximum atomic E-state index is 5.74. The molecule has 4 heteroatoms. The maximum absolute atomic E-state index is 5.74. The maximum Gasteiger partial charge on any atom is 0.0776 e. The highest BCUT2D eigenvalue weighted by molar-refractivity contribution is 5.04. The molecule has 1 aromatic heterocycles. The van der Waals surface area contributed by atoms with Crippen molar-refractivity contribution in [1.29, 1.82) is 0 Å². The van der Waals surface area contributed by atoms with Gasteiger partial charge in [0.05, 0.1) is 17.8 Å². The van der Waals surface area contributed by atoms with Crippen molar-refractivity contribution in [2.24, 2.45) is 5.41 Å². The van der Waals surface area contributed by atoms with Crippen molar-refractivity contribution in [1.82, 2.24) is 15.1 Å². The van der Waals surface area contributed by atoms with Crippen molar-refractivity contribution in [3.63, 3.8) is 0 Å². The molecule has 0 aliphatic rings. The van der Waals surface area contributed by atoms with E-state index in [-0.39, 0.29) is 17.6 Å². The molecule has 4 nitrogen and oxygen atoms in total. The zero-order chi connectivity index (χ0) is 16.0. The summed E-state index contributed by atoms with van der Waals surface area (Å²) in [6.45, 7) is 11.1. The average molecular weight is 295 g/mol. The summed E-state index contributed by atoms with van der Waals surface area (Å²) in [5.74, 6) is 0. The monoisotopic (exact) mass is 295 g/mol. The van der Waals surface area contributed by atoms with E-state index in [0.717, 1.165) is 25.0 Å². The first-order valence-corrected chi connectivity index (χ1v) is 8.11. The first-order valence-electron chi connectivity index (χ1n) is 8.11. The van der Waals surface area contributed by atoms with Crippen LogP contribution in [0.4, 0.5) is 0 Å². The van der Waals surface area contributed by atoms with Gasteiger partial charge in [-0.3, -0.25) is 4.68 Å². The second kappa shape index (κ2) is 7.95. The summed E-state index contributed by atoms with van der Waals surface area (Å²) < 4.78 is 7.85. The summed E-state index contributed by atoms with van der Waals surface area (Å²) in [7, 11) is 3.80. The summed E-state index contributed by atoms with van der Waals surface area (Å²) in [4.78, 5) is 0. The quantitative estimate of drug-likeness (QED) is 0.798. The Labute approximate surface area is 130 Å². The lowest BCUT2D eigenvalue weighted by Gasteiger charge is -2.35. The van der Waals surface area contributed by atoms with Crippen LogP contribution in [0.25, 0.3) is 0 Å². The minimum Gasteiger partial charge on any atom is -0.379 e. The number of likely N-dealkylation sites (N-methyl/N-ethyl adjacent to an activating group) is 1. The normalized spacial score (nSPS) is 15.4. The Hall–Kier alpha value is -0.870.